The highest BCUT2D eigenvalue weighted by atomic mass is 16.6. The third kappa shape index (κ3) is 5.37. The smallest absolute Gasteiger partial charge is 0.271 e. The summed E-state index contributed by atoms with van der Waals surface area (Å²) < 4.78 is 0. The average Bonchev–Trinajstić information content (AvgIpc) is 2.62. The molecule has 0 saturated heterocycles. The lowest BCUT2D eigenvalue weighted by atomic mass is 9.95. The number of benzene rings is 2. The fraction of sp³-hybridized carbons (Fsp3) is 0.211. The zero-order valence-corrected chi connectivity index (χ0v) is 15.6. The Morgan fingerprint density at radius 1 is 1.14 bits per heavy atom. The summed E-state index contributed by atoms with van der Waals surface area (Å²) in [6, 6.07) is 9.69. The Hall–Kier alpha value is -3.75. The molecular formula is C19H20N4O5. The molecule has 0 aliphatic heterocycles. The van der Waals surface area contributed by atoms with Crippen LogP contribution in [-0.4, -0.2) is 28.1 Å². The topological polar surface area (TPSA) is 134 Å². The molecule has 28 heavy (non-hydrogen) atoms. The molecule has 0 spiro atoms. The van der Waals surface area contributed by atoms with E-state index in [1.54, 1.807) is 32.9 Å². The van der Waals surface area contributed by atoms with Crippen molar-refractivity contribution in [2.24, 2.45) is 10.5 Å². The van der Waals surface area contributed by atoms with Crippen molar-refractivity contribution in [2.75, 3.05) is 5.32 Å². The predicted octanol–water partition coefficient (Wildman–Crippen LogP) is 3.05. The molecule has 0 saturated carbocycles. The van der Waals surface area contributed by atoms with Gasteiger partial charge in [0, 0.05) is 34.4 Å². The molecule has 0 aliphatic carbocycles. The summed E-state index contributed by atoms with van der Waals surface area (Å²) in [6.45, 7) is 5.38. The van der Waals surface area contributed by atoms with Gasteiger partial charge in [-0.1, -0.05) is 20.8 Å². The van der Waals surface area contributed by atoms with E-state index in [9.17, 15) is 24.8 Å². The number of amides is 2. The van der Waals surface area contributed by atoms with Crippen LogP contribution in [0, 0.1) is 15.5 Å². The van der Waals surface area contributed by atoms with Crippen LogP contribution in [0.4, 0.5) is 11.4 Å². The maximum absolute atomic E-state index is 12.1. The van der Waals surface area contributed by atoms with E-state index in [4.69, 9.17) is 0 Å². The number of nitro benzene ring substituents is 1. The molecule has 0 heterocycles. The predicted molar refractivity (Wildman–Crippen MR) is 104 cm³/mol. The number of carbonyl (C=O) groups is 2. The van der Waals surface area contributed by atoms with Gasteiger partial charge in [-0.2, -0.15) is 5.10 Å². The molecular weight excluding hydrogens is 364 g/mol. The van der Waals surface area contributed by atoms with Gasteiger partial charge in [0.25, 0.3) is 11.6 Å². The largest absolute Gasteiger partial charge is 0.507 e. The Kier molecular flexibility index (Phi) is 6.09. The molecule has 2 aromatic rings. The van der Waals surface area contributed by atoms with Crippen LogP contribution in [0.5, 0.6) is 5.75 Å². The molecule has 2 amide bonds. The number of nitrogens with zero attached hydrogens (tertiary/aromatic N) is 2. The number of anilines is 1. The molecule has 0 bridgehead atoms. The van der Waals surface area contributed by atoms with E-state index >= 15 is 0 Å². The van der Waals surface area contributed by atoms with Gasteiger partial charge < -0.3 is 10.4 Å². The van der Waals surface area contributed by atoms with Crippen molar-refractivity contribution >= 4 is 29.4 Å². The van der Waals surface area contributed by atoms with Crippen LogP contribution in [0.15, 0.2) is 47.6 Å². The zero-order chi connectivity index (χ0) is 20.9. The first-order chi connectivity index (χ1) is 13.1. The van der Waals surface area contributed by atoms with Crippen LogP contribution >= 0.6 is 0 Å². The molecule has 2 rings (SSSR count). The van der Waals surface area contributed by atoms with E-state index in [1.165, 1.54) is 18.2 Å². The first-order valence-corrected chi connectivity index (χ1v) is 8.30. The molecule has 9 nitrogen and oxygen atoms in total. The highest BCUT2D eigenvalue weighted by Crippen LogP contribution is 2.21. The monoisotopic (exact) mass is 384 g/mol. The number of phenols is 1. The van der Waals surface area contributed by atoms with Crippen LogP contribution in [0.3, 0.4) is 0 Å². The fourth-order valence-corrected chi connectivity index (χ4v) is 2.01. The third-order valence-corrected chi connectivity index (χ3v) is 3.68. The van der Waals surface area contributed by atoms with Gasteiger partial charge in [-0.3, -0.25) is 19.7 Å². The summed E-state index contributed by atoms with van der Waals surface area (Å²) in [4.78, 5) is 34.2. The number of rotatable bonds is 5. The van der Waals surface area contributed by atoms with Crippen LogP contribution in [0.1, 0.15) is 36.7 Å². The third-order valence-electron chi connectivity index (χ3n) is 3.68. The summed E-state index contributed by atoms with van der Waals surface area (Å²) >= 11 is 0. The zero-order valence-electron chi connectivity index (χ0n) is 15.6. The van der Waals surface area contributed by atoms with Gasteiger partial charge >= 0.3 is 0 Å². The van der Waals surface area contributed by atoms with Crippen molar-refractivity contribution in [1.29, 1.82) is 0 Å². The summed E-state index contributed by atoms with van der Waals surface area (Å²) in [7, 11) is 0. The SMILES string of the molecule is CC(C)(C)C(=O)Nc1ccc(C(=O)NN=Cc2cc([N+](=O)[O-])ccc2O)cc1. The highest BCUT2D eigenvalue weighted by Gasteiger charge is 2.21. The Balaban J connectivity index is 2.02. The fourth-order valence-electron chi connectivity index (χ4n) is 2.01. The van der Waals surface area contributed by atoms with E-state index in [2.05, 4.69) is 15.8 Å². The van der Waals surface area contributed by atoms with Gasteiger partial charge in [-0.25, -0.2) is 5.43 Å². The van der Waals surface area contributed by atoms with Gasteiger partial charge in [0.1, 0.15) is 5.75 Å². The van der Waals surface area contributed by atoms with Crippen molar-refractivity contribution in [1.82, 2.24) is 5.43 Å². The number of hydrogen-bond donors (Lipinski definition) is 3. The Morgan fingerprint density at radius 3 is 2.36 bits per heavy atom. The van der Waals surface area contributed by atoms with Gasteiger partial charge in [0.2, 0.25) is 5.91 Å². The maximum Gasteiger partial charge on any atom is 0.271 e. The van der Waals surface area contributed by atoms with E-state index in [-0.39, 0.29) is 22.9 Å². The second-order valence-corrected chi connectivity index (χ2v) is 6.98. The lowest BCUT2D eigenvalue weighted by Crippen LogP contribution is -2.27. The lowest BCUT2D eigenvalue weighted by molar-refractivity contribution is -0.384. The van der Waals surface area contributed by atoms with Crippen molar-refractivity contribution < 1.29 is 19.6 Å². The van der Waals surface area contributed by atoms with Crippen molar-refractivity contribution in [3.63, 3.8) is 0 Å². The minimum absolute atomic E-state index is 0.0924. The summed E-state index contributed by atoms with van der Waals surface area (Å²) in [5, 5.41) is 26.9. The first-order valence-electron chi connectivity index (χ1n) is 8.30. The second kappa shape index (κ2) is 8.30. The number of aromatic hydroxyl groups is 1. The number of nitro groups is 1. The molecule has 3 N–H and O–H groups in total. The molecule has 0 aliphatic rings. The minimum atomic E-state index is -0.602. The molecule has 0 fully saturated rings. The second-order valence-electron chi connectivity index (χ2n) is 6.98. The van der Waals surface area contributed by atoms with E-state index in [1.807, 2.05) is 0 Å². The maximum atomic E-state index is 12.1. The first kappa shape index (κ1) is 20.6. The van der Waals surface area contributed by atoms with E-state index < -0.39 is 16.2 Å². The van der Waals surface area contributed by atoms with Gasteiger partial charge in [-0.05, 0) is 30.3 Å². The van der Waals surface area contributed by atoms with Crippen molar-refractivity contribution in [2.45, 2.75) is 20.8 Å². The molecule has 0 radical (unpaired) electrons. The number of hydrazone groups is 1. The Bertz CT molecular complexity index is 930. The normalized spacial score (nSPS) is 11.2. The van der Waals surface area contributed by atoms with Gasteiger partial charge in [0.15, 0.2) is 0 Å². The molecule has 2 aromatic carbocycles. The van der Waals surface area contributed by atoms with E-state index in [0.29, 0.717) is 11.3 Å². The Morgan fingerprint density at radius 2 is 1.79 bits per heavy atom. The van der Waals surface area contributed by atoms with Crippen molar-refractivity contribution in [3.8, 4) is 5.75 Å². The number of phenolic OH excluding ortho intramolecular Hbond substituents is 1. The van der Waals surface area contributed by atoms with Crippen LogP contribution in [0.25, 0.3) is 0 Å². The number of hydrogen-bond acceptors (Lipinski definition) is 6. The van der Waals surface area contributed by atoms with Gasteiger partial charge in [-0.15, -0.1) is 0 Å². The van der Waals surface area contributed by atoms with Crippen LogP contribution in [-0.2, 0) is 4.79 Å². The number of non-ortho nitro benzene ring substituents is 1. The quantitative estimate of drug-likeness (QED) is 0.414. The average molecular weight is 384 g/mol. The minimum Gasteiger partial charge on any atom is -0.507 e. The van der Waals surface area contributed by atoms with Gasteiger partial charge in [0.05, 0.1) is 11.1 Å². The van der Waals surface area contributed by atoms with E-state index in [0.717, 1.165) is 18.3 Å². The molecule has 9 heteroatoms. The lowest BCUT2D eigenvalue weighted by Gasteiger charge is -2.17. The van der Waals surface area contributed by atoms with Crippen molar-refractivity contribution in [3.05, 3.63) is 63.7 Å². The molecule has 146 valence electrons. The van der Waals surface area contributed by atoms with Crippen LogP contribution in [0.2, 0.25) is 0 Å². The molecule has 0 atom stereocenters. The molecule has 0 unspecified atom stereocenters. The summed E-state index contributed by atoms with van der Waals surface area (Å²) in [5.41, 5.74) is 2.47. The highest BCUT2D eigenvalue weighted by molar-refractivity contribution is 5.97. The standard InChI is InChI=1S/C19H20N4O5/c1-19(2,3)18(26)21-14-6-4-12(5-7-14)17(25)22-20-11-13-10-15(23(27)28)8-9-16(13)24/h4-11,24H,1-3H3,(H,21,26)(H,22,25). The molecule has 0 aromatic heterocycles. The van der Waals surface area contributed by atoms with Crippen LogP contribution < -0.4 is 10.7 Å². The number of nitrogens with one attached hydrogen (secondary N) is 2. The summed E-state index contributed by atoms with van der Waals surface area (Å²) in [5.74, 6) is -0.872. The number of carbonyl (C=O) groups excluding carboxylic acids is 2. The summed E-state index contributed by atoms with van der Waals surface area (Å²) in [6.07, 6.45) is 1.11. The Labute approximate surface area is 161 Å².